The van der Waals surface area contributed by atoms with E-state index in [4.69, 9.17) is 15.2 Å². The molecule has 0 aromatic heterocycles. The van der Waals surface area contributed by atoms with E-state index in [0.29, 0.717) is 24.7 Å². The third-order valence-electron chi connectivity index (χ3n) is 3.00. The largest absolute Gasteiger partial charge is 0.381 e. The Morgan fingerprint density at radius 2 is 2.37 bits per heavy atom. The second-order valence-corrected chi connectivity index (χ2v) is 4.56. The highest BCUT2D eigenvalue weighted by Gasteiger charge is 2.15. The first-order valence-corrected chi connectivity index (χ1v) is 6.42. The molecule has 1 aliphatic heterocycles. The highest BCUT2D eigenvalue weighted by atomic mass is 19.1. The molecule has 1 heterocycles. The molecule has 4 heteroatoms. The first-order chi connectivity index (χ1) is 9.29. The van der Waals surface area contributed by atoms with Crippen molar-refractivity contribution in [2.75, 3.05) is 26.4 Å². The minimum atomic E-state index is -0.325. The van der Waals surface area contributed by atoms with Crippen molar-refractivity contribution in [2.24, 2.45) is 11.7 Å². The van der Waals surface area contributed by atoms with Crippen LogP contribution in [-0.2, 0) is 16.1 Å². The summed E-state index contributed by atoms with van der Waals surface area (Å²) in [5, 5.41) is 0. The Hall–Kier alpha value is -1.41. The number of halogens is 1. The molecule has 2 N–H and O–H groups in total. The summed E-state index contributed by atoms with van der Waals surface area (Å²) in [6.07, 6.45) is 1.05. The molecule has 0 bridgehead atoms. The molecule has 1 aromatic carbocycles. The normalized spacial score (nSPS) is 18.1. The summed E-state index contributed by atoms with van der Waals surface area (Å²) < 4.78 is 24.4. The SMILES string of the molecule is NCC#Cc1cc(COCC2CCOC2)ccc1F. The Labute approximate surface area is 112 Å². The second-order valence-electron chi connectivity index (χ2n) is 4.56. The third kappa shape index (κ3) is 4.32. The molecule has 2 rings (SSSR count). The molecular formula is C15H18FNO2. The molecule has 1 atom stereocenters. The summed E-state index contributed by atoms with van der Waals surface area (Å²) in [7, 11) is 0. The minimum Gasteiger partial charge on any atom is -0.381 e. The van der Waals surface area contributed by atoms with E-state index in [0.717, 1.165) is 25.2 Å². The molecule has 0 amide bonds. The van der Waals surface area contributed by atoms with Crippen molar-refractivity contribution in [2.45, 2.75) is 13.0 Å². The first kappa shape index (κ1) is 14.0. The molecule has 0 radical (unpaired) electrons. The van der Waals surface area contributed by atoms with Gasteiger partial charge in [0.1, 0.15) is 5.82 Å². The molecule has 1 unspecified atom stereocenters. The van der Waals surface area contributed by atoms with Crippen LogP contribution in [0.5, 0.6) is 0 Å². The zero-order valence-corrected chi connectivity index (χ0v) is 10.8. The van der Waals surface area contributed by atoms with Crippen LogP contribution in [0.25, 0.3) is 0 Å². The summed E-state index contributed by atoms with van der Waals surface area (Å²) in [5.41, 5.74) is 6.57. The fourth-order valence-corrected chi connectivity index (χ4v) is 1.96. The van der Waals surface area contributed by atoms with Crippen molar-refractivity contribution in [1.82, 2.24) is 0 Å². The van der Waals surface area contributed by atoms with Crippen molar-refractivity contribution < 1.29 is 13.9 Å². The molecule has 3 nitrogen and oxygen atoms in total. The number of ether oxygens (including phenoxy) is 2. The standard InChI is InChI=1S/C15H18FNO2/c16-15-4-3-12(8-14(15)2-1-6-17)9-19-11-13-5-7-18-10-13/h3-4,8,13H,5-7,9-11,17H2. The zero-order chi connectivity index (χ0) is 13.5. The van der Waals surface area contributed by atoms with Gasteiger partial charge in [0.15, 0.2) is 0 Å². The summed E-state index contributed by atoms with van der Waals surface area (Å²) >= 11 is 0. The van der Waals surface area contributed by atoms with Crippen molar-refractivity contribution >= 4 is 0 Å². The van der Waals surface area contributed by atoms with E-state index in [1.165, 1.54) is 6.07 Å². The van der Waals surface area contributed by atoms with Gasteiger partial charge in [0.05, 0.1) is 31.9 Å². The van der Waals surface area contributed by atoms with Gasteiger partial charge in [-0.15, -0.1) is 0 Å². The molecule has 0 saturated carbocycles. The molecule has 1 aliphatic rings. The highest BCUT2D eigenvalue weighted by molar-refractivity contribution is 5.38. The predicted molar refractivity (Wildman–Crippen MR) is 70.9 cm³/mol. The summed E-state index contributed by atoms with van der Waals surface area (Å²) in [6.45, 7) is 2.97. The third-order valence-corrected chi connectivity index (χ3v) is 3.00. The number of nitrogens with two attached hydrogens (primary N) is 1. The maximum Gasteiger partial charge on any atom is 0.138 e. The number of hydrogen-bond donors (Lipinski definition) is 1. The Balaban J connectivity index is 1.89. The van der Waals surface area contributed by atoms with Crippen molar-refractivity contribution in [3.8, 4) is 11.8 Å². The lowest BCUT2D eigenvalue weighted by atomic mass is 10.1. The number of benzene rings is 1. The van der Waals surface area contributed by atoms with Crippen LogP contribution in [0.15, 0.2) is 18.2 Å². The Morgan fingerprint density at radius 3 is 3.11 bits per heavy atom. The molecule has 1 saturated heterocycles. The molecule has 0 aliphatic carbocycles. The highest BCUT2D eigenvalue weighted by Crippen LogP contribution is 2.14. The maximum atomic E-state index is 13.5. The average Bonchev–Trinajstić information content (AvgIpc) is 2.92. The van der Waals surface area contributed by atoms with Crippen molar-refractivity contribution in [1.29, 1.82) is 0 Å². The molecule has 1 fully saturated rings. The topological polar surface area (TPSA) is 44.5 Å². The lowest BCUT2D eigenvalue weighted by molar-refractivity contribution is 0.0791. The maximum absolute atomic E-state index is 13.5. The van der Waals surface area contributed by atoms with Gasteiger partial charge in [-0.25, -0.2) is 4.39 Å². The van der Waals surface area contributed by atoms with E-state index in [2.05, 4.69) is 11.8 Å². The van der Waals surface area contributed by atoms with Crippen LogP contribution in [0.1, 0.15) is 17.5 Å². The van der Waals surface area contributed by atoms with Gasteiger partial charge in [-0.1, -0.05) is 17.9 Å². The van der Waals surface area contributed by atoms with Gasteiger partial charge < -0.3 is 15.2 Å². The summed E-state index contributed by atoms with van der Waals surface area (Å²) in [4.78, 5) is 0. The van der Waals surface area contributed by atoms with Crippen LogP contribution in [0.2, 0.25) is 0 Å². The summed E-state index contributed by atoms with van der Waals surface area (Å²) in [5.74, 6) is 5.53. The number of hydrogen-bond acceptors (Lipinski definition) is 3. The molecule has 0 spiro atoms. The van der Waals surface area contributed by atoms with Gasteiger partial charge in [-0.3, -0.25) is 0 Å². The monoisotopic (exact) mass is 263 g/mol. The number of rotatable bonds is 4. The second kappa shape index (κ2) is 7.25. The lowest BCUT2D eigenvalue weighted by Crippen LogP contribution is -2.09. The lowest BCUT2D eigenvalue weighted by Gasteiger charge is -2.09. The van der Waals surface area contributed by atoms with E-state index in [1.807, 2.05) is 0 Å². The molecule has 1 aromatic rings. The molecular weight excluding hydrogens is 245 g/mol. The fourth-order valence-electron chi connectivity index (χ4n) is 1.96. The molecule has 102 valence electrons. The van der Waals surface area contributed by atoms with Crippen molar-refractivity contribution in [3.63, 3.8) is 0 Å². The van der Waals surface area contributed by atoms with E-state index in [1.54, 1.807) is 12.1 Å². The van der Waals surface area contributed by atoms with Gasteiger partial charge in [0.2, 0.25) is 0 Å². The summed E-state index contributed by atoms with van der Waals surface area (Å²) in [6, 6.07) is 4.84. The van der Waals surface area contributed by atoms with E-state index < -0.39 is 0 Å². The smallest absolute Gasteiger partial charge is 0.138 e. The molecule has 19 heavy (non-hydrogen) atoms. The minimum absolute atomic E-state index is 0.224. The van der Waals surface area contributed by atoms with E-state index in [9.17, 15) is 4.39 Å². The van der Waals surface area contributed by atoms with E-state index >= 15 is 0 Å². The van der Waals surface area contributed by atoms with Gasteiger partial charge in [0.25, 0.3) is 0 Å². The van der Waals surface area contributed by atoms with Crippen LogP contribution >= 0.6 is 0 Å². The predicted octanol–water partition coefficient (Wildman–Crippen LogP) is 1.69. The van der Waals surface area contributed by atoms with Gasteiger partial charge in [-0.05, 0) is 24.1 Å². The van der Waals surface area contributed by atoms with Crippen LogP contribution in [-0.4, -0.2) is 26.4 Å². The Morgan fingerprint density at radius 1 is 1.47 bits per heavy atom. The first-order valence-electron chi connectivity index (χ1n) is 6.42. The van der Waals surface area contributed by atoms with Crippen LogP contribution in [0.3, 0.4) is 0 Å². The fraction of sp³-hybridized carbons (Fsp3) is 0.467. The zero-order valence-electron chi connectivity index (χ0n) is 10.8. The Kier molecular flexibility index (Phi) is 5.34. The van der Waals surface area contributed by atoms with E-state index in [-0.39, 0.29) is 12.4 Å². The van der Waals surface area contributed by atoms with Crippen LogP contribution in [0.4, 0.5) is 4.39 Å². The van der Waals surface area contributed by atoms with Crippen molar-refractivity contribution in [3.05, 3.63) is 35.1 Å². The van der Waals surface area contributed by atoms with Gasteiger partial charge in [0, 0.05) is 12.5 Å². The quantitative estimate of drug-likeness (QED) is 0.841. The van der Waals surface area contributed by atoms with Crippen LogP contribution in [0, 0.1) is 23.6 Å². The average molecular weight is 263 g/mol. The Bertz CT molecular complexity index is 473. The van der Waals surface area contributed by atoms with Gasteiger partial charge in [-0.2, -0.15) is 0 Å². The van der Waals surface area contributed by atoms with Crippen LogP contribution < -0.4 is 5.73 Å². The van der Waals surface area contributed by atoms with Gasteiger partial charge >= 0.3 is 0 Å².